The Morgan fingerprint density at radius 3 is 2.86 bits per heavy atom. The summed E-state index contributed by atoms with van der Waals surface area (Å²) in [4.78, 5) is 31.2. The predicted octanol–water partition coefficient (Wildman–Crippen LogP) is 2.88. The van der Waals surface area contributed by atoms with Crippen LogP contribution in [0.1, 0.15) is 23.5 Å². The number of aromatic nitrogens is 4. The van der Waals surface area contributed by atoms with Crippen LogP contribution in [0.5, 0.6) is 0 Å². The van der Waals surface area contributed by atoms with Gasteiger partial charge in [-0.1, -0.05) is 47.7 Å². The number of hydrogen-bond donors (Lipinski definition) is 2. The van der Waals surface area contributed by atoms with E-state index in [-0.39, 0.29) is 22.6 Å². The van der Waals surface area contributed by atoms with Gasteiger partial charge in [-0.3, -0.25) is 9.78 Å². The molecule has 0 unspecified atom stereocenters. The smallest absolute Gasteiger partial charge is 0.313 e. The Morgan fingerprint density at radius 1 is 1.25 bits per heavy atom. The molecule has 7 nitrogen and oxygen atoms in total. The number of aromatic amines is 2. The van der Waals surface area contributed by atoms with E-state index in [9.17, 15) is 9.59 Å². The highest BCUT2D eigenvalue weighted by Gasteiger charge is 2.39. The normalized spacial score (nSPS) is 17.3. The van der Waals surface area contributed by atoms with E-state index in [2.05, 4.69) is 36.9 Å². The molecule has 0 bridgehead atoms. The Kier molecular flexibility index (Phi) is 4.52. The summed E-state index contributed by atoms with van der Waals surface area (Å²) in [6.07, 6.45) is 2.11. The summed E-state index contributed by atoms with van der Waals surface area (Å²) in [5, 5.41) is 8.17. The average molecular weight is 390 g/mol. The van der Waals surface area contributed by atoms with Gasteiger partial charge in [0.15, 0.2) is 5.15 Å². The van der Waals surface area contributed by atoms with E-state index in [0.717, 1.165) is 12.0 Å². The molecule has 1 aromatic carbocycles. The van der Waals surface area contributed by atoms with Crippen LogP contribution in [0.3, 0.4) is 0 Å². The highest BCUT2D eigenvalue weighted by Crippen LogP contribution is 2.49. The molecule has 0 amide bonds. The quantitative estimate of drug-likeness (QED) is 0.520. The van der Waals surface area contributed by atoms with Gasteiger partial charge in [0, 0.05) is 23.6 Å². The summed E-state index contributed by atoms with van der Waals surface area (Å²) in [5.74, 6) is 6.42. The minimum atomic E-state index is -0.590. The number of benzene rings is 1. The number of rotatable bonds is 2. The van der Waals surface area contributed by atoms with Gasteiger partial charge in [-0.2, -0.15) is 0 Å². The molecule has 2 heterocycles. The molecule has 136 valence electrons. The Balaban J connectivity index is 1.62. The van der Waals surface area contributed by atoms with Crippen molar-refractivity contribution < 1.29 is 0 Å². The van der Waals surface area contributed by atoms with E-state index in [1.54, 1.807) is 18.2 Å². The highest BCUT2D eigenvalue weighted by atomic mass is 35.5. The van der Waals surface area contributed by atoms with Crippen LogP contribution in [0, 0.1) is 24.3 Å². The van der Waals surface area contributed by atoms with Gasteiger partial charge in [-0.15, -0.1) is 10.2 Å². The number of halogens is 1. The molecule has 2 atom stereocenters. The van der Waals surface area contributed by atoms with Gasteiger partial charge in [0.1, 0.15) is 5.69 Å². The van der Waals surface area contributed by atoms with Crippen LogP contribution in [0.4, 0.5) is 5.69 Å². The van der Waals surface area contributed by atoms with Crippen LogP contribution in [-0.4, -0.2) is 20.2 Å². The lowest BCUT2D eigenvalue weighted by molar-refractivity contribution is 0.953. The topological polar surface area (TPSA) is 95.9 Å². The summed E-state index contributed by atoms with van der Waals surface area (Å²) in [5.41, 5.74) is 1.38. The number of hydrogen-bond acceptors (Lipinski definition) is 4. The Morgan fingerprint density at radius 2 is 2.07 bits per heavy atom. The number of nitrogens with one attached hydrogen (secondary N) is 2. The van der Waals surface area contributed by atoms with Gasteiger partial charge >= 0.3 is 5.69 Å². The zero-order valence-corrected chi connectivity index (χ0v) is 15.1. The molecule has 3 aromatic rings. The van der Waals surface area contributed by atoms with Crippen LogP contribution in [-0.2, 0) is 0 Å². The van der Waals surface area contributed by atoms with Crippen LogP contribution >= 0.6 is 11.6 Å². The SMILES string of the molecule is [C-]#[N+]c1ccccc1C#C[C@H]1C[C@@H]1c1cc(-c2c[nH]c(=O)[nH]c2=O)nnc1Cl. The molecule has 28 heavy (non-hydrogen) atoms. The third-order valence-electron chi connectivity index (χ3n) is 4.48. The second kappa shape index (κ2) is 7.15. The summed E-state index contributed by atoms with van der Waals surface area (Å²) in [7, 11) is 0. The molecule has 1 aliphatic rings. The maximum Gasteiger partial charge on any atom is 0.325 e. The molecule has 0 saturated heterocycles. The van der Waals surface area contributed by atoms with Gasteiger partial charge in [0.25, 0.3) is 5.56 Å². The van der Waals surface area contributed by atoms with Gasteiger partial charge < -0.3 is 4.98 Å². The van der Waals surface area contributed by atoms with Crippen molar-refractivity contribution in [1.29, 1.82) is 0 Å². The number of nitrogens with zero attached hydrogens (tertiary/aromatic N) is 3. The van der Waals surface area contributed by atoms with Crippen molar-refractivity contribution in [1.82, 2.24) is 20.2 Å². The monoisotopic (exact) mass is 389 g/mol. The maximum absolute atomic E-state index is 12.0. The summed E-state index contributed by atoms with van der Waals surface area (Å²) in [6, 6.07) is 8.91. The maximum atomic E-state index is 12.0. The largest absolute Gasteiger partial charge is 0.325 e. The molecule has 8 heteroatoms. The minimum absolute atomic E-state index is 0.0798. The summed E-state index contributed by atoms with van der Waals surface area (Å²) < 4.78 is 0. The molecule has 2 N–H and O–H groups in total. The van der Waals surface area contributed by atoms with E-state index < -0.39 is 11.2 Å². The summed E-state index contributed by atoms with van der Waals surface area (Å²) >= 11 is 6.21. The molecule has 1 aliphatic carbocycles. The molecule has 2 aromatic heterocycles. The van der Waals surface area contributed by atoms with Crippen molar-refractivity contribution in [2.45, 2.75) is 12.3 Å². The fourth-order valence-corrected chi connectivity index (χ4v) is 3.16. The molecule has 4 rings (SSSR count). The third kappa shape index (κ3) is 3.44. The fraction of sp³-hybridized carbons (Fsp3) is 0.150. The van der Waals surface area contributed by atoms with Crippen LogP contribution in [0.15, 0.2) is 46.1 Å². The fourth-order valence-electron chi connectivity index (χ4n) is 2.93. The van der Waals surface area contributed by atoms with E-state index >= 15 is 0 Å². The first-order valence-electron chi connectivity index (χ1n) is 8.40. The predicted molar refractivity (Wildman–Crippen MR) is 104 cm³/mol. The van der Waals surface area contributed by atoms with Crippen molar-refractivity contribution in [3.8, 4) is 23.1 Å². The Hall–Kier alpha value is -3.68. The van der Waals surface area contributed by atoms with Crippen molar-refractivity contribution in [2.75, 3.05) is 0 Å². The molecule has 0 aliphatic heterocycles. The molecular formula is C20H12ClN5O2. The first-order valence-corrected chi connectivity index (χ1v) is 8.78. The molecule has 1 fully saturated rings. The molecule has 0 spiro atoms. The van der Waals surface area contributed by atoms with Crippen LogP contribution in [0.25, 0.3) is 16.1 Å². The minimum Gasteiger partial charge on any atom is -0.313 e. The van der Waals surface area contributed by atoms with Gasteiger partial charge in [-0.05, 0) is 18.1 Å². The Labute approximate surface area is 164 Å². The molecule has 1 saturated carbocycles. The van der Waals surface area contributed by atoms with Crippen molar-refractivity contribution in [3.63, 3.8) is 0 Å². The average Bonchev–Trinajstić information content (AvgIpc) is 3.47. The van der Waals surface area contributed by atoms with Crippen LogP contribution in [0.2, 0.25) is 5.15 Å². The first-order chi connectivity index (χ1) is 13.6. The molecular weight excluding hydrogens is 378 g/mol. The zero-order valence-electron chi connectivity index (χ0n) is 14.4. The lowest BCUT2D eigenvalue weighted by atomic mass is 10.1. The molecule has 0 radical (unpaired) electrons. The van der Waals surface area contributed by atoms with Gasteiger partial charge in [-0.25, -0.2) is 9.64 Å². The standard InChI is InChI=1S/C20H12ClN5O2/c1-22-16-5-3-2-4-11(16)6-7-12-8-13(12)14-9-17(25-26-18(14)21)15-10-23-20(28)24-19(15)27/h2-5,9-10,12-13H,8H2,(H2,23,24,27,28)/t12-,13-/m0/s1. The van der Waals surface area contributed by atoms with E-state index in [1.807, 2.05) is 12.1 Å². The van der Waals surface area contributed by atoms with Crippen LogP contribution < -0.4 is 11.2 Å². The van der Waals surface area contributed by atoms with Gasteiger partial charge in [0.2, 0.25) is 5.69 Å². The highest BCUT2D eigenvalue weighted by molar-refractivity contribution is 6.30. The van der Waals surface area contributed by atoms with Crippen molar-refractivity contribution in [3.05, 3.63) is 85.1 Å². The van der Waals surface area contributed by atoms with E-state index in [0.29, 0.717) is 16.9 Å². The van der Waals surface area contributed by atoms with Crippen molar-refractivity contribution >= 4 is 17.3 Å². The Bertz CT molecular complexity index is 1290. The summed E-state index contributed by atoms with van der Waals surface area (Å²) in [6.45, 7) is 7.20. The third-order valence-corrected chi connectivity index (χ3v) is 4.77. The van der Waals surface area contributed by atoms with Gasteiger partial charge in [0.05, 0.1) is 12.1 Å². The first kappa shape index (κ1) is 17.7. The lowest BCUT2D eigenvalue weighted by Gasteiger charge is -2.04. The second-order valence-electron chi connectivity index (χ2n) is 6.31. The van der Waals surface area contributed by atoms with Crippen molar-refractivity contribution in [2.24, 2.45) is 5.92 Å². The van der Waals surface area contributed by atoms with E-state index in [1.165, 1.54) is 6.20 Å². The second-order valence-corrected chi connectivity index (χ2v) is 6.67. The lowest BCUT2D eigenvalue weighted by Crippen LogP contribution is -2.23. The zero-order chi connectivity index (χ0) is 19.7. The van der Waals surface area contributed by atoms with E-state index in [4.69, 9.17) is 18.2 Å². The number of H-pyrrole nitrogens is 2. The number of para-hydroxylation sites is 1.